The van der Waals surface area contributed by atoms with E-state index in [2.05, 4.69) is 0 Å². The lowest BCUT2D eigenvalue weighted by Gasteiger charge is -2.24. The monoisotopic (exact) mass is 194 g/mol. The van der Waals surface area contributed by atoms with Gasteiger partial charge < -0.3 is 10.2 Å². The lowest BCUT2D eigenvalue weighted by atomic mass is 9.87. The minimum atomic E-state index is -0.568. The number of aliphatic hydroxyl groups excluding tert-OH is 2. The second kappa shape index (κ2) is 5.13. The van der Waals surface area contributed by atoms with E-state index in [4.69, 9.17) is 5.11 Å². The summed E-state index contributed by atoms with van der Waals surface area (Å²) in [6, 6.07) is 9.48. The average Bonchev–Trinajstić information content (AvgIpc) is 2.19. The van der Waals surface area contributed by atoms with Crippen LogP contribution in [-0.4, -0.2) is 16.8 Å². The summed E-state index contributed by atoms with van der Waals surface area (Å²) in [4.78, 5) is 0. The maximum atomic E-state index is 9.99. The molecule has 0 saturated heterocycles. The Morgan fingerprint density at radius 2 is 1.71 bits per heavy atom. The molecule has 2 heteroatoms. The molecule has 1 aromatic rings. The summed E-state index contributed by atoms with van der Waals surface area (Å²) in [6.45, 7) is 4.04. The van der Waals surface area contributed by atoms with Crippen LogP contribution in [0.1, 0.15) is 25.5 Å². The molecule has 0 heterocycles. The zero-order valence-electron chi connectivity index (χ0n) is 8.72. The first kappa shape index (κ1) is 11.2. The van der Waals surface area contributed by atoms with E-state index in [-0.39, 0.29) is 18.4 Å². The molecular formula is C12H18O2. The SMILES string of the molecule is CC(C)[C@@H](CO)[C@@H](O)c1ccccc1. The molecule has 1 rings (SSSR count). The Hall–Kier alpha value is -0.860. The zero-order chi connectivity index (χ0) is 10.6. The zero-order valence-corrected chi connectivity index (χ0v) is 8.72. The fourth-order valence-corrected chi connectivity index (χ4v) is 1.57. The van der Waals surface area contributed by atoms with Crippen molar-refractivity contribution in [2.24, 2.45) is 11.8 Å². The lowest BCUT2D eigenvalue weighted by molar-refractivity contribution is 0.0407. The molecule has 2 nitrogen and oxygen atoms in total. The minimum absolute atomic E-state index is 0.0216. The van der Waals surface area contributed by atoms with E-state index in [1.54, 1.807) is 0 Å². The van der Waals surface area contributed by atoms with Gasteiger partial charge in [0.1, 0.15) is 0 Å². The normalized spacial score (nSPS) is 15.5. The van der Waals surface area contributed by atoms with E-state index in [0.717, 1.165) is 5.56 Å². The fraction of sp³-hybridized carbons (Fsp3) is 0.500. The first-order chi connectivity index (χ1) is 6.66. The Labute approximate surface area is 85.2 Å². The summed E-state index contributed by atoms with van der Waals surface area (Å²) in [6.07, 6.45) is -0.568. The quantitative estimate of drug-likeness (QED) is 0.769. The summed E-state index contributed by atoms with van der Waals surface area (Å²) in [5.41, 5.74) is 0.875. The van der Waals surface area contributed by atoms with Crippen LogP contribution in [-0.2, 0) is 0 Å². The topological polar surface area (TPSA) is 40.5 Å². The minimum Gasteiger partial charge on any atom is -0.396 e. The predicted molar refractivity (Wildman–Crippen MR) is 56.8 cm³/mol. The maximum Gasteiger partial charge on any atom is 0.0842 e. The van der Waals surface area contributed by atoms with Crippen LogP contribution in [0, 0.1) is 11.8 Å². The van der Waals surface area contributed by atoms with E-state index < -0.39 is 6.10 Å². The largest absolute Gasteiger partial charge is 0.396 e. The van der Waals surface area contributed by atoms with Crippen molar-refractivity contribution in [2.45, 2.75) is 20.0 Å². The van der Waals surface area contributed by atoms with Gasteiger partial charge in [-0.25, -0.2) is 0 Å². The van der Waals surface area contributed by atoms with Gasteiger partial charge in [0.15, 0.2) is 0 Å². The second-order valence-electron chi connectivity index (χ2n) is 3.95. The van der Waals surface area contributed by atoms with Crippen molar-refractivity contribution in [1.29, 1.82) is 0 Å². The van der Waals surface area contributed by atoms with Crippen LogP contribution >= 0.6 is 0 Å². The highest BCUT2D eigenvalue weighted by atomic mass is 16.3. The van der Waals surface area contributed by atoms with E-state index in [1.165, 1.54) is 0 Å². The van der Waals surface area contributed by atoms with E-state index in [9.17, 15) is 5.11 Å². The molecule has 2 N–H and O–H groups in total. The summed E-state index contributed by atoms with van der Waals surface area (Å²) in [5, 5.41) is 19.2. The van der Waals surface area contributed by atoms with E-state index in [1.807, 2.05) is 44.2 Å². The van der Waals surface area contributed by atoms with E-state index in [0.29, 0.717) is 0 Å². The van der Waals surface area contributed by atoms with Crippen LogP contribution < -0.4 is 0 Å². The Morgan fingerprint density at radius 1 is 1.14 bits per heavy atom. The van der Waals surface area contributed by atoms with Gasteiger partial charge in [-0.1, -0.05) is 44.2 Å². The van der Waals surface area contributed by atoms with Crippen molar-refractivity contribution in [2.75, 3.05) is 6.61 Å². The van der Waals surface area contributed by atoms with Gasteiger partial charge >= 0.3 is 0 Å². The average molecular weight is 194 g/mol. The molecule has 0 aliphatic heterocycles. The molecule has 1 aromatic carbocycles. The standard InChI is InChI=1S/C12H18O2/c1-9(2)11(8-13)12(14)10-6-4-3-5-7-10/h3-7,9,11-14H,8H2,1-2H3/t11-,12+/m1/s1. The molecule has 0 amide bonds. The molecule has 0 unspecified atom stereocenters. The third kappa shape index (κ3) is 2.56. The van der Waals surface area contributed by atoms with Crippen LogP contribution in [0.4, 0.5) is 0 Å². The van der Waals surface area contributed by atoms with Crippen molar-refractivity contribution in [3.8, 4) is 0 Å². The summed E-state index contributed by atoms with van der Waals surface area (Å²) in [5.74, 6) is 0.188. The van der Waals surface area contributed by atoms with Gasteiger partial charge in [-0.2, -0.15) is 0 Å². The third-order valence-corrected chi connectivity index (χ3v) is 2.61. The molecule has 0 bridgehead atoms. The highest BCUT2D eigenvalue weighted by Crippen LogP contribution is 2.27. The molecule has 0 aliphatic carbocycles. The highest BCUT2D eigenvalue weighted by Gasteiger charge is 2.22. The number of aliphatic hydroxyl groups is 2. The Balaban J connectivity index is 2.78. The smallest absolute Gasteiger partial charge is 0.0842 e. The second-order valence-corrected chi connectivity index (χ2v) is 3.95. The van der Waals surface area contributed by atoms with Crippen molar-refractivity contribution >= 4 is 0 Å². The van der Waals surface area contributed by atoms with Crippen molar-refractivity contribution in [3.63, 3.8) is 0 Å². The van der Waals surface area contributed by atoms with Crippen LogP contribution in [0.25, 0.3) is 0 Å². The molecular weight excluding hydrogens is 176 g/mol. The van der Waals surface area contributed by atoms with Crippen LogP contribution in [0.2, 0.25) is 0 Å². The van der Waals surface area contributed by atoms with Crippen LogP contribution in [0.15, 0.2) is 30.3 Å². The molecule has 2 atom stereocenters. The van der Waals surface area contributed by atoms with Gasteiger partial charge in [0.05, 0.1) is 6.10 Å². The van der Waals surface area contributed by atoms with Crippen molar-refractivity contribution in [3.05, 3.63) is 35.9 Å². The van der Waals surface area contributed by atoms with E-state index >= 15 is 0 Å². The molecule has 0 aliphatic rings. The van der Waals surface area contributed by atoms with Gasteiger partial charge in [-0.3, -0.25) is 0 Å². The number of hydrogen-bond donors (Lipinski definition) is 2. The Kier molecular flexibility index (Phi) is 4.11. The number of hydrogen-bond acceptors (Lipinski definition) is 2. The fourth-order valence-electron chi connectivity index (χ4n) is 1.57. The van der Waals surface area contributed by atoms with Crippen molar-refractivity contribution < 1.29 is 10.2 Å². The first-order valence-electron chi connectivity index (χ1n) is 5.00. The van der Waals surface area contributed by atoms with Crippen molar-refractivity contribution in [1.82, 2.24) is 0 Å². The molecule has 0 radical (unpaired) electrons. The highest BCUT2D eigenvalue weighted by molar-refractivity contribution is 5.18. The lowest BCUT2D eigenvalue weighted by Crippen LogP contribution is -2.22. The van der Waals surface area contributed by atoms with Gasteiger partial charge in [-0.15, -0.1) is 0 Å². The van der Waals surface area contributed by atoms with Gasteiger partial charge in [0.25, 0.3) is 0 Å². The number of benzene rings is 1. The predicted octanol–water partition coefficient (Wildman–Crippen LogP) is 1.98. The Morgan fingerprint density at radius 3 is 2.14 bits per heavy atom. The molecule has 0 fully saturated rings. The maximum absolute atomic E-state index is 9.99. The van der Waals surface area contributed by atoms with Gasteiger partial charge in [0.2, 0.25) is 0 Å². The molecule has 78 valence electrons. The summed E-state index contributed by atoms with van der Waals surface area (Å²) < 4.78 is 0. The first-order valence-corrected chi connectivity index (χ1v) is 5.00. The Bertz CT molecular complexity index is 256. The summed E-state index contributed by atoms with van der Waals surface area (Å²) >= 11 is 0. The van der Waals surface area contributed by atoms with Crippen LogP contribution in [0.5, 0.6) is 0 Å². The van der Waals surface area contributed by atoms with Crippen LogP contribution in [0.3, 0.4) is 0 Å². The summed E-state index contributed by atoms with van der Waals surface area (Å²) in [7, 11) is 0. The molecule has 0 spiro atoms. The molecule has 0 saturated carbocycles. The molecule has 0 aromatic heterocycles. The third-order valence-electron chi connectivity index (χ3n) is 2.61. The molecule has 14 heavy (non-hydrogen) atoms. The number of rotatable bonds is 4. The van der Waals surface area contributed by atoms with Gasteiger partial charge in [0, 0.05) is 12.5 Å². The van der Waals surface area contributed by atoms with Gasteiger partial charge in [-0.05, 0) is 11.5 Å².